The fourth-order valence-corrected chi connectivity index (χ4v) is 2.43. The largest absolute Gasteiger partial charge is 0.444 e. The van der Waals surface area contributed by atoms with E-state index in [0.29, 0.717) is 11.9 Å². The third-order valence-electron chi connectivity index (χ3n) is 3.59. The van der Waals surface area contributed by atoms with Gasteiger partial charge in [-0.15, -0.1) is 0 Å². The Balaban J connectivity index is 1.65. The predicted octanol–water partition coefficient (Wildman–Crippen LogP) is 2.26. The number of nitrogens with zero attached hydrogens (tertiary/aromatic N) is 2. The molecule has 1 aliphatic rings. The number of benzene rings is 1. The normalized spacial score (nSPS) is 17.7. The van der Waals surface area contributed by atoms with Gasteiger partial charge in [0.05, 0.1) is 5.69 Å². The van der Waals surface area contributed by atoms with Crippen LogP contribution in [0, 0.1) is 0 Å². The highest BCUT2D eigenvalue weighted by Crippen LogP contribution is 2.19. The molecular weight excluding hydrogens is 238 g/mol. The zero-order valence-electron chi connectivity index (χ0n) is 11.0. The summed E-state index contributed by atoms with van der Waals surface area (Å²) in [7, 11) is 0. The van der Waals surface area contributed by atoms with Crippen LogP contribution in [0.4, 0.5) is 0 Å². The highest BCUT2D eigenvalue weighted by Gasteiger charge is 2.17. The summed E-state index contributed by atoms with van der Waals surface area (Å²) in [5.41, 5.74) is 7.93. The molecule has 0 spiro atoms. The maximum Gasteiger partial charge on any atom is 0.226 e. The fraction of sp³-hybridized carbons (Fsp3) is 0.400. The van der Waals surface area contributed by atoms with Gasteiger partial charge in [0.25, 0.3) is 0 Å². The maximum atomic E-state index is 5.91. The third-order valence-corrected chi connectivity index (χ3v) is 3.59. The standard InChI is InChI=1S/C15H19N3O/c16-13-6-8-18(9-7-13)10-14-11-19-15(17-14)12-4-2-1-3-5-12/h1-5,11,13H,6-10,16H2. The van der Waals surface area contributed by atoms with Gasteiger partial charge in [-0.05, 0) is 25.0 Å². The first-order valence-corrected chi connectivity index (χ1v) is 6.79. The Hall–Kier alpha value is -1.65. The van der Waals surface area contributed by atoms with Gasteiger partial charge in [0.2, 0.25) is 5.89 Å². The van der Waals surface area contributed by atoms with Crippen molar-refractivity contribution in [2.45, 2.75) is 25.4 Å². The second-order valence-electron chi connectivity index (χ2n) is 5.12. The molecule has 0 atom stereocenters. The Morgan fingerprint density at radius 3 is 2.68 bits per heavy atom. The summed E-state index contributed by atoms with van der Waals surface area (Å²) in [6, 6.07) is 10.4. The first-order chi connectivity index (χ1) is 9.31. The van der Waals surface area contributed by atoms with Crippen molar-refractivity contribution < 1.29 is 4.42 Å². The first-order valence-electron chi connectivity index (χ1n) is 6.79. The minimum atomic E-state index is 0.369. The first kappa shape index (κ1) is 12.4. The van der Waals surface area contributed by atoms with Crippen molar-refractivity contribution in [1.29, 1.82) is 0 Å². The van der Waals surface area contributed by atoms with E-state index < -0.39 is 0 Å². The van der Waals surface area contributed by atoms with Gasteiger partial charge in [-0.1, -0.05) is 18.2 Å². The summed E-state index contributed by atoms with van der Waals surface area (Å²) in [6.45, 7) is 2.95. The Labute approximate surface area is 113 Å². The predicted molar refractivity (Wildman–Crippen MR) is 74.4 cm³/mol. The van der Waals surface area contributed by atoms with E-state index in [9.17, 15) is 0 Å². The lowest BCUT2D eigenvalue weighted by molar-refractivity contribution is 0.203. The lowest BCUT2D eigenvalue weighted by Crippen LogP contribution is -2.39. The lowest BCUT2D eigenvalue weighted by Gasteiger charge is -2.29. The second kappa shape index (κ2) is 5.55. The smallest absolute Gasteiger partial charge is 0.226 e. The molecule has 0 amide bonds. The summed E-state index contributed by atoms with van der Waals surface area (Å²) in [6.07, 6.45) is 3.91. The zero-order valence-corrected chi connectivity index (χ0v) is 11.0. The molecule has 1 fully saturated rings. The average Bonchev–Trinajstić information content (AvgIpc) is 2.91. The zero-order chi connectivity index (χ0) is 13.1. The summed E-state index contributed by atoms with van der Waals surface area (Å²) in [5.74, 6) is 0.698. The molecule has 1 aliphatic heterocycles. The summed E-state index contributed by atoms with van der Waals surface area (Å²) in [4.78, 5) is 6.94. The summed E-state index contributed by atoms with van der Waals surface area (Å²) in [5, 5.41) is 0. The lowest BCUT2D eigenvalue weighted by atomic mass is 10.1. The quantitative estimate of drug-likeness (QED) is 0.916. The molecule has 19 heavy (non-hydrogen) atoms. The van der Waals surface area contributed by atoms with Gasteiger partial charge in [-0.2, -0.15) is 0 Å². The van der Waals surface area contributed by atoms with E-state index in [1.54, 1.807) is 6.26 Å². The van der Waals surface area contributed by atoms with Crippen LogP contribution in [0.3, 0.4) is 0 Å². The number of likely N-dealkylation sites (tertiary alicyclic amines) is 1. The molecular formula is C15H19N3O. The van der Waals surface area contributed by atoms with Gasteiger partial charge in [-0.3, -0.25) is 4.90 Å². The van der Waals surface area contributed by atoms with Gasteiger partial charge < -0.3 is 10.2 Å². The summed E-state index contributed by atoms with van der Waals surface area (Å²) < 4.78 is 5.55. The molecule has 2 aromatic rings. The van der Waals surface area contributed by atoms with E-state index in [1.165, 1.54) is 0 Å². The number of piperidine rings is 1. The van der Waals surface area contributed by atoms with Gasteiger partial charge in [0, 0.05) is 31.2 Å². The SMILES string of the molecule is NC1CCN(Cc2coc(-c3ccccc3)n2)CC1. The third kappa shape index (κ3) is 3.03. The number of hydrogen-bond acceptors (Lipinski definition) is 4. The van der Waals surface area contributed by atoms with Crippen LogP contribution in [0.5, 0.6) is 0 Å². The number of hydrogen-bond donors (Lipinski definition) is 1. The fourth-order valence-electron chi connectivity index (χ4n) is 2.43. The van der Waals surface area contributed by atoms with Gasteiger partial charge in [-0.25, -0.2) is 4.98 Å². The molecule has 0 aliphatic carbocycles. The molecule has 0 saturated carbocycles. The van der Waals surface area contributed by atoms with Crippen molar-refractivity contribution in [1.82, 2.24) is 9.88 Å². The van der Waals surface area contributed by atoms with Crippen LogP contribution in [-0.4, -0.2) is 29.0 Å². The van der Waals surface area contributed by atoms with E-state index in [2.05, 4.69) is 9.88 Å². The van der Waals surface area contributed by atoms with Crippen molar-refractivity contribution >= 4 is 0 Å². The van der Waals surface area contributed by atoms with Gasteiger partial charge in [0.15, 0.2) is 0 Å². The highest BCUT2D eigenvalue weighted by molar-refractivity contribution is 5.52. The van der Waals surface area contributed by atoms with Gasteiger partial charge in [0.1, 0.15) is 6.26 Å². The molecule has 2 heterocycles. The number of nitrogens with two attached hydrogens (primary N) is 1. The van der Waals surface area contributed by atoms with Crippen molar-refractivity contribution in [3.05, 3.63) is 42.3 Å². The number of rotatable bonds is 3. The van der Waals surface area contributed by atoms with Crippen molar-refractivity contribution in [2.24, 2.45) is 5.73 Å². The van der Waals surface area contributed by atoms with Crippen molar-refractivity contribution in [3.63, 3.8) is 0 Å². The number of aromatic nitrogens is 1. The summed E-state index contributed by atoms with van der Waals surface area (Å²) >= 11 is 0. The van der Waals surface area contributed by atoms with E-state index in [1.807, 2.05) is 30.3 Å². The Morgan fingerprint density at radius 2 is 1.95 bits per heavy atom. The Morgan fingerprint density at radius 1 is 1.21 bits per heavy atom. The molecule has 2 N–H and O–H groups in total. The van der Waals surface area contributed by atoms with Crippen LogP contribution in [-0.2, 0) is 6.54 Å². The van der Waals surface area contributed by atoms with E-state index in [0.717, 1.165) is 43.7 Å². The molecule has 0 radical (unpaired) electrons. The Bertz CT molecular complexity index is 515. The topological polar surface area (TPSA) is 55.3 Å². The van der Waals surface area contributed by atoms with E-state index >= 15 is 0 Å². The van der Waals surface area contributed by atoms with Crippen LogP contribution in [0.2, 0.25) is 0 Å². The monoisotopic (exact) mass is 257 g/mol. The van der Waals surface area contributed by atoms with E-state index in [-0.39, 0.29) is 0 Å². The minimum absolute atomic E-state index is 0.369. The maximum absolute atomic E-state index is 5.91. The van der Waals surface area contributed by atoms with Crippen molar-refractivity contribution in [3.8, 4) is 11.5 Å². The molecule has 0 bridgehead atoms. The minimum Gasteiger partial charge on any atom is -0.444 e. The van der Waals surface area contributed by atoms with Crippen LogP contribution in [0.15, 0.2) is 41.0 Å². The van der Waals surface area contributed by atoms with Gasteiger partial charge >= 0.3 is 0 Å². The van der Waals surface area contributed by atoms with Crippen LogP contribution >= 0.6 is 0 Å². The molecule has 100 valence electrons. The van der Waals surface area contributed by atoms with Crippen molar-refractivity contribution in [2.75, 3.05) is 13.1 Å². The number of oxazole rings is 1. The molecule has 3 rings (SSSR count). The average molecular weight is 257 g/mol. The molecule has 0 unspecified atom stereocenters. The molecule has 1 saturated heterocycles. The molecule has 4 nitrogen and oxygen atoms in total. The van der Waals surface area contributed by atoms with Crippen LogP contribution in [0.1, 0.15) is 18.5 Å². The van der Waals surface area contributed by atoms with E-state index in [4.69, 9.17) is 10.2 Å². The molecule has 1 aromatic heterocycles. The Kier molecular flexibility index (Phi) is 3.62. The molecule has 4 heteroatoms. The highest BCUT2D eigenvalue weighted by atomic mass is 16.3. The van der Waals surface area contributed by atoms with Crippen LogP contribution < -0.4 is 5.73 Å². The second-order valence-corrected chi connectivity index (χ2v) is 5.12. The molecule has 1 aromatic carbocycles. The van der Waals surface area contributed by atoms with Crippen LogP contribution in [0.25, 0.3) is 11.5 Å².